The van der Waals surface area contributed by atoms with Gasteiger partial charge in [-0.15, -0.1) is 0 Å². The second-order valence-corrected chi connectivity index (χ2v) is 7.72. The van der Waals surface area contributed by atoms with Crippen LogP contribution in [0.1, 0.15) is 60.8 Å². The van der Waals surface area contributed by atoms with Crippen molar-refractivity contribution in [2.24, 2.45) is 0 Å². The maximum absolute atomic E-state index is 2.59. The fraction of sp³-hybridized carbons (Fsp3) is 1.00. The topological polar surface area (TPSA) is 6.48 Å². The molecule has 0 N–H and O–H groups in total. The third-order valence-electron chi connectivity index (χ3n) is 3.34. The average Bonchev–Trinajstić information content (AvgIpc) is 2.21. The van der Waals surface area contributed by atoms with Crippen LogP contribution < -0.4 is 0 Å². The van der Waals surface area contributed by atoms with Crippen molar-refractivity contribution in [3.63, 3.8) is 0 Å². The Morgan fingerprint density at radius 1 is 1.00 bits per heavy atom. The Labute approximate surface area is 116 Å². The van der Waals surface area contributed by atoms with Crippen LogP contribution in [-0.2, 0) is 0 Å². The predicted octanol–water partition coefficient (Wildman–Crippen LogP) is 4.58. The van der Waals surface area contributed by atoms with Crippen LogP contribution in [-0.4, -0.2) is 32.8 Å². The molecule has 2 nitrogen and oxygen atoms in total. The molecule has 0 aromatic rings. The van der Waals surface area contributed by atoms with Crippen LogP contribution in [0.3, 0.4) is 0 Å². The maximum atomic E-state index is 2.59. The van der Waals surface area contributed by atoms with E-state index in [4.69, 9.17) is 0 Å². The van der Waals surface area contributed by atoms with Gasteiger partial charge in [0.25, 0.3) is 0 Å². The van der Waals surface area contributed by atoms with Gasteiger partial charge in [-0.05, 0) is 54.4 Å². The molecule has 1 aliphatic heterocycles. The van der Waals surface area contributed by atoms with Crippen LogP contribution in [0.2, 0.25) is 0 Å². The maximum Gasteiger partial charge on any atom is 0.0185 e. The zero-order chi connectivity index (χ0) is 13.0. The van der Waals surface area contributed by atoms with Crippen molar-refractivity contribution < 1.29 is 0 Å². The average molecular weight is 277 g/mol. The van der Waals surface area contributed by atoms with E-state index in [0.717, 1.165) is 12.1 Å². The summed E-state index contributed by atoms with van der Waals surface area (Å²) in [6.45, 7) is 13.8. The molecule has 1 rings (SSSR count). The minimum Gasteiger partial charge on any atom is -0.235 e. The van der Waals surface area contributed by atoms with Gasteiger partial charge in [0.15, 0.2) is 0 Å². The van der Waals surface area contributed by atoms with Crippen molar-refractivity contribution in [3.8, 4) is 0 Å². The Bertz CT molecular complexity index is 203. The highest BCUT2D eigenvalue weighted by molar-refractivity contribution is 8.74. The second-order valence-electron chi connectivity index (χ2n) is 5.69. The third-order valence-corrected chi connectivity index (χ3v) is 6.54. The lowest BCUT2D eigenvalue weighted by atomic mass is 10.0. The van der Waals surface area contributed by atoms with Gasteiger partial charge in [0.1, 0.15) is 0 Å². The van der Waals surface area contributed by atoms with Crippen molar-refractivity contribution in [1.29, 1.82) is 0 Å². The highest BCUT2D eigenvalue weighted by atomic mass is 33.1. The summed E-state index contributed by atoms with van der Waals surface area (Å²) >= 11 is 0. The molecule has 1 saturated heterocycles. The van der Waals surface area contributed by atoms with Crippen LogP contribution in [0.5, 0.6) is 0 Å². The molecule has 102 valence electrons. The number of hydrogen-bond donors (Lipinski definition) is 0. The van der Waals surface area contributed by atoms with Crippen LogP contribution in [0.4, 0.5) is 0 Å². The summed E-state index contributed by atoms with van der Waals surface area (Å²) in [5.74, 6) is 0. The number of rotatable bonds is 5. The number of hydrogen-bond acceptors (Lipinski definition) is 4. The molecule has 0 aliphatic carbocycles. The Kier molecular flexibility index (Phi) is 6.70. The lowest BCUT2D eigenvalue weighted by Crippen LogP contribution is -2.39. The van der Waals surface area contributed by atoms with Gasteiger partial charge in [-0.25, -0.2) is 8.61 Å². The molecule has 0 aromatic carbocycles. The molecule has 17 heavy (non-hydrogen) atoms. The van der Waals surface area contributed by atoms with Gasteiger partial charge in [0, 0.05) is 46.1 Å². The van der Waals surface area contributed by atoms with E-state index in [1.54, 1.807) is 0 Å². The molecule has 4 heteroatoms. The Morgan fingerprint density at radius 2 is 1.47 bits per heavy atom. The summed E-state index contributed by atoms with van der Waals surface area (Å²) in [4.78, 5) is 0. The van der Waals surface area contributed by atoms with E-state index in [0.29, 0.717) is 12.1 Å². The first kappa shape index (κ1) is 15.7. The Balaban J connectivity index is 2.46. The molecule has 0 radical (unpaired) electrons. The first-order valence-corrected chi connectivity index (χ1v) is 8.91. The molecule has 0 bridgehead atoms. The summed E-state index contributed by atoms with van der Waals surface area (Å²) in [7, 11) is 3.88. The fourth-order valence-electron chi connectivity index (χ4n) is 2.39. The first-order valence-electron chi connectivity index (χ1n) is 6.85. The lowest BCUT2D eigenvalue weighted by molar-refractivity contribution is 0.225. The van der Waals surface area contributed by atoms with E-state index >= 15 is 0 Å². The quantitative estimate of drug-likeness (QED) is 0.535. The van der Waals surface area contributed by atoms with Crippen LogP contribution in [0.15, 0.2) is 0 Å². The molecule has 0 aromatic heterocycles. The third kappa shape index (κ3) is 4.66. The highest BCUT2D eigenvalue weighted by Crippen LogP contribution is 2.39. The molecule has 0 saturated carbocycles. The molecule has 2 unspecified atom stereocenters. The summed E-state index contributed by atoms with van der Waals surface area (Å²) in [6, 6.07) is 2.64. The molecule has 1 heterocycles. The zero-order valence-electron chi connectivity index (χ0n) is 12.1. The van der Waals surface area contributed by atoms with Gasteiger partial charge in [-0.3, -0.25) is 0 Å². The largest absolute Gasteiger partial charge is 0.235 e. The molecule has 0 amide bonds. The second kappa shape index (κ2) is 7.27. The minimum absolute atomic E-state index is 0.600. The zero-order valence-corrected chi connectivity index (χ0v) is 13.8. The number of nitrogens with zero attached hydrogens (tertiary/aromatic N) is 2. The van der Waals surface area contributed by atoms with Gasteiger partial charge in [0.05, 0.1) is 0 Å². The highest BCUT2D eigenvalue weighted by Gasteiger charge is 2.27. The van der Waals surface area contributed by atoms with Crippen molar-refractivity contribution >= 4 is 22.0 Å². The van der Waals surface area contributed by atoms with Crippen molar-refractivity contribution in [1.82, 2.24) is 8.61 Å². The molecule has 0 spiro atoms. The normalized spacial score (nSPS) is 27.4. The van der Waals surface area contributed by atoms with E-state index in [1.165, 1.54) is 19.3 Å². The number of piperidine rings is 1. The van der Waals surface area contributed by atoms with Gasteiger partial charge >= 0.3 is 0 Å². The first-order chi connectivity index (χ1) is 7.93. The standard InChI is InChI=1S/C13H28N2S2/c1-10(2)14(11(3)4)16-17-15-12(5)8-7-9-13(15)6/h10-13H,7-9H2,1-6H3. The van der Waals surface area contributed by atoms with E-state index in [9.17, 15) is 0 Å². The molecular formula is C13H28N2S2. The van der Waals surface area contributed by atoms with E-state index < -0.39 is 0 Å². The van der Waals surface area contributed by atoms with E-state index in [2.05, 4.69) is 50.2 Å². The SMILES string of the molecule is CC(C)N(SSN1C(C)CCCC1C)C(C)C. The van der Waals surface area contributed by atoms with Crippen molar-refractivity contribution in [3.05, 3.63) is 0 Å². The van der Waals surface area contributed by atoms with Gasteiger partial charge in [-0.1, -0.05) is 6.42 Å². The van der Waals surface area contributed by atoms with E-state index in [-0.39, 0.29) is 0 Å². The van der Waals surface area contributed by atoms with Gasteiger partial charge in [0.2, 0.25) is 0 Å². The summed E-state index contributed by atoms with van der Waals surface area (Å²) < 4.78 is 5.07. The van der Waals surface area contributed by atoms with Crippen LogP contribution in [0.25, 0.3) is 0 Å². The van der Waals surface area contributed by atoms with Gasteiger partial charge < -0.3 is 0 Å². The molecular weight excluding hydrogens is 248 g/mol. The molecule has 2 atom stereocenters. The fourth-order valence-corrected chi connectivity index (χ4v) is 5.77. The summed E-state index contributed by atoms with van der Waals surface area (Å²) in [6.07, 6.45) is 4.09. The van der Waals surface area contributed by atoms with Crippen LogP contribution in [0, 0.1) is 0 Å². The smallest absolute Gasteiger partial charge is 0.0185 e. The van der Waals surface area contributed by atoms with Crippen molar-refractivity contribution in [2.45, 2.75) is 85.0 Å². The Hall–Kier alpha value is 0.620. The minimum atomic E-state index is 0.600. The Morgan fingerprint density at radius 3 is 1.88 bits per heavy atom. The molecule has 1 fully saturated rings. The lowest BCUT2D eigenvalue weighted by Gasteiger charge is -2.39. The summed E-state index contributed by atoms with van der Waals surface area (Å²) in [5, 5.41) is 0. The predicted molar refractivity (Wildman–Crippen MR) is 81.9 cm³/mol. The monoisotopic (exact) mass is 276 g/mol. The van der Waals surface area contributed by atoms with Crippen LogP contribution >= 0.6 is 22.0 Å². The van der Waals surface area contributed by atoms with Crippen molar-refractivity contribution in [2.75, 3.05) is 0 Å². The summed E-state index contributed by atoms with van der Waals surface area (Å²) in [5.41, 5.74) is 0. The molecule has 1 aliphatic rings. The van der Waals surface area contributed by atoms with Gasteiger partial charge in [-0.2, -0.15) is 0 Å². The van der Waals surface area contributed by atoms with E-state index in [1.807, 2.05) is 22.0 Å².